The lowest BCUT2D eigenvalue weighted by Crippen LogP contribution is -2.35. The van der Waals surface area contributed by atoms with E-state index in [2.05, 4.69) is 0 Å². The van der Waals surface area contributed by atoms with Gasteiger partial charge in [0.25, 0.3) is 5.91 Å². The van der Waals surface area contributed by atoms with Gasteiger partial charge in [0.05, 0.1) is 18.1 Å². The van der Waals surface area contributed by atoms with Gasteiger partial charge in [0.1, 0.15) is 0 Å². The van der Waals surface area contributed by atoms with Crippen LogP contribution in [-0.2, 0) is 6.18 Å². The molecule has 1 amide bonds. The smallest absolute Gasteiger partial charge is 0.398 e. The van der Waals surface area contributed by atoms with E-state index in [4.69, 9.17) is 11.0 Å². The zero-order chi connectivity index (χ0) is 15.5. The van der Waals surface area contributed by atoms with E-state index < -0.39 is 23.3 Å². The first-order valence-electron chi connectivity index (χ1n) is 5.79. The molecule has 0 aliphatic rings. The molecule has 1 aromatic rings. The number of hydrogen-bond donors (Lipinski definition) is 1. The minimum Gasteiger partial charge on any atom is -0.398 e. The van der Waals surface area contributed by atoms with Crippen molar-refractivity contribution in [3.05, 3.63) is 29.3 Å². The fraction of sp³-hybridized carbons (Fsp3) is 0.385. The Balaban J connectivity index is 3.10. The number of alkyl halides is 3. The van der Waals surface area contributed by atoms with E-state index in [1.165, 1.54) is 18.0 Å². The van der Waals surface area contributed by atoms with Gasteiger partial charge < -0.3 is 10.6 Å². The lowest BCUT2D eigenvalue weighted by Gasteiger charge is -2.23. The molecule has 0 radical (unpaired) electrons. The van der Waals surface area contributed by atoms with Crippen molar-refractivity contribution >= 4 is 11.6 Å². The lowest BCUT2D eigenvalue weighted by atomic mass is 10.1. The van der Waals surface area contributed by atoms with Gasteiger partial charge in [0.15, 0.2) is 0 Å². The first kappa shape index (κ1) is 15.8. The molecule has 0 aliphatic heterocycles. The Morgan fingerprint density at radius 1 is 1.50 bits per heavy atom. The summed E-state index contributed by atoms with van der Waals surface area (Å²) in [4.78, 5) is 13.3. The lowest BCUT2D eigenvalue weighted by molar-refractivity contribution is -0.136. The maximum atomic E-state index is 12.7. The summed E-state index contributed by atoms with van der Waals surface area (Å²) in [6, 6.07) is 4.54. The Kier molecular flexibility index (Phi) is 4.61. The van der Waals surface area contributed by atoms with Gasteiger partial charge in [-0.1, -0.05) is 0 Å². The quantitative estimate of drug-likeness (QED) is 0.868. The fourth-order valence-corrected chi connectivity index (χ4v) is 1.61. The summed E-state index contributed by atoms with van der Waals surface area (Å²) < 4.78 is 38.2. The van der Waals surface area contributed by atoms with Gasteiger partial charge in [-0.2, -0.15) is 18.4 Å². The van der Waals surface area contributed by atoms with Gasteiger partial charge in [-0.05, 0) is 25.1 Å². The van der Waals surface area contributed by atoms with Crippen LogP contribution in [0, 0.1) is 11.3 Å². The minimum absolute atomic E-state index is 0.101. The Morgan fingerprint density at radius 2 is 2.10 bits per heavy atom. The number of carbonyl (C=O) groups excluding carboxylic acids is 1. The summed E-state index contributed by atoms with van der Waals surface area (Å²) in [5, 5.41) is 8.57. The minimum atomic E-state index is -4.61. The maximum absolute atomic E-state index is 12.7. The van der Waals surface area contributed by atoms with Gasteiger partial charge >= 0.3 is 6.18 Å². The second kappa shape index (κ2) is 5.82. The van der Waals surface area contributed by atoms with Gasteiger partial charge in [0.2, 0.25) is 0 Å². The number of nitrogens with zero attached hydrogens (tertiary/aromatic N) is 2. The van der Waals surface area contributed by atoms with Gasteiger partial charge in [-0.3, -0.25) is 4.79 Å². The number of anilines is 1. The van der Waals surface area contributed by atoms with Crippen LogP contribution in [0.15, 0.2) is 18.2 Å². The third-order valence-electron chi connectivity index (χ3n) is 2.97. The van der Waals surface area contributed by atoms with Crippen LogP contribution in [0.1, 0.15) is 29.3 Å². The molecular formula is C13H14F3N3O. The van der Waals surface area contributed by atoms with Crippen molar-refractivity contribution in [3.63, 3.8) is 0 Å². The summed E-state index contributed by atoms with van der Waals surface area (Å²) in [6.45, 7) is 1.64. The summed E-state index contributed by atoms with van der Waals surface area (Å²) in [6.07, 6.45) is -4.51. The van der Waals surface area contributed by atoms with Crippen LogP contribution in [0.5, 0.6) is 0 Å². The van der Waals surface area contributed by atoms with E-state index in [-0.39, 0.29) is 18.0 Å². The van der Waals surface area contributed by atoms with Crippen molar-refractivity contribution in [2.75, 3.05) is 12.8 Å². The SMILES string of the molecule is CC(CC#N)N(C)C(=O)c1ccc(N)c(C(F)(F)F)c1. The van der Waals surface area contributed by atoms with E-state index in [1.807, 2.05) is 6.07 Å². The summed E-state index contributed by atoms with van der Waals surface area (Å²) in [5.41, 5.74) is 3.69. The molecule has 108 valence electrons. The first-order chi connectivity index (χ1) is 9.18. The molecule has 0 aromatic heterocycles. The van der Waals surface area contributed by atoms with E-state index in [0.717, 1.165) is 12.1 Å². The van der Waals surface area contributed by atoms with Crippen LogP contribution in [0.3, 0.4) is 0 Å². The molecule has 1 rings (SSSR count). The topological polar surface area (TPSA) is 70.1 Å². The molecule has 4 nitrogen and oxygen atoms in total. The molecule has 7 heteroatoms. The monoisotopic (exact) mass is 285 g/mol. The van der Waals surface area contributed by atoms with E-state index in [9.17, 15) is 18.0 Å². The van der Waals surface area contributed by atoms with Crippen LogP contribution in [0.4, 0.5) is 18.9 Å². The van der Waals surface area contributed by atoms with Crippen molar-refractivity contribution in [3.8, 4) is 6.07 Å². The molecule has 1 unspecified atom stereocenters. The molecule has 0 spiro atoms. The maximum Gasteiger partial charge on any atom is 0.418 e. The third kappa shape index (κ3) is 3.41. The van der Waals surface area contributed by atoms with Gasteiger partial charge in [-0.25, -0.2) is 0 Å². The number of nitrogen functional groups attached to an aromatic ring is 1. The third-order valence-corrected chi connectivity index (χ3v) is 2.97. The highest BCUT2D eigenvalue weighted by Gasteiger charge is 2.34. The number of amides is 1. The molecule has 0 saturated carbocycles. The van der Waals surface area contributed by atoms with E-state index in [0.29, 0.717) is 0 Å². The van der Waals surface area contributed by atoms with Crippen LogP contribution in [-0.4, -0.2) is 23.9 Å². The molecule has 2 N–H and O–H groups in total. The summed E-state index contributed by atoms with van der Waals surface area (Å²) in [5.74, 6) is -0.585. The molecule has 1 aromatic carbocycles. The van der Waals surface area contributed by atoms with Crippen molar-refractivity contribution in [1.82, 2.24) is 4.90 Å². The van der Waals surface area contributed by atoms with Crippen molar-refractivity contribution in [2.24, 2.45) is 0 Å². The van der Waals surface area contributed by atoms with Crippen LogP contribution in [0.2, 0.25) is 0 Å². The number of benzene rings is 1. The number of carbonyl (C=O) groups is 1. The fourth-order valence-electron chi connectivity index (χ4n) is 1.61. The van der Waals surface area contributed by atoms with Crippen LogP contribution < -0.4 is 5.73 Å². The summed E-state index contributed by atoms with van der Waals surface area (Å²) >= 11 is 0. The first-order valence-corrected chi connectivity index (χ1v) is 5.79. The zero-order valence-electron chi connectivity index (χ0n) is 11.0. The Labute approximate surface area is 114 Å². The zero-order valence-corrected chi connectivity index (χ0v) is 11.0. The molecule has 1 atom stereocenters. The molecule has 0 bridgehead atoms. The van der Waals surface area contributed by atoms with Gasteiger partial charge in [0, 0.05) is 24.3 Å². The van der Waals surface area contributed by atoms with Gasteiger partial charge in [-0.15, -0.1) is 0 Å². The van der Waals surface area contributed by atoms with Crippen LogP contribution >= 0.6 is 0 Å². The van der Waals surface area contributed by atoms with Crippen molar-refractivity contribution in [2.45, 2.75) is 25.6 Å². The van der Waals surface area contributed by atoms with E-state index in [1.54, 1.807) is 6.92 Å². The number of hydrogen-bond acceptors (Lipinski definition) is 3. The molecular weight excluding hydrogens is 271 g/mol. The van der Waals surface area contributed by atoms with Crippen LogP contribution in [0.25, 0.3) is 0 Å². The predicted octanol–water partition coefficient (Wildman–Crippen LogP) is 2.66. The molecule has 0 fully saturated rings. The Hall–Kier alpha value is -2.23. The number of rotatable bonds is 3. The second-order valence-corrected chi connectivity index (χ2v) is 4.43. The van der Waals surface area contributed by atoms with Crippen molar-refractivity contribution < 1.29 is 18.0 Å². The highest BCUT2D eigenvalue weighted by molar-refractivity contribution is 5.95. The Bertz CT molecular complexity index is 549. The van der Waals surface area contributed by atoms with E-state index >= 15 is 0 Å². The normalized spacial score (nSPS) is 12.6. The average molecular weight is 285 g/mol. The van der Waals surface area contributed by atoms with Crippen molar-refractivity contribution in [1.29, 1.82) is 5.26 Å². The highest BCUT2D eigenvalue weighted by Crippen LogP contribution is 2.34. The largest absolute Gasteiger partial charge is 0.418 e. The number of nitriles is 1. The molecule has 20 heavy (non-hydrogen) atoms. The Morgan fingerprint density at radius 3 is 2.60 bits per heavy atom. The molecule has 0 aliphatic carbocycles. The molecule has 0 heterocycles. The predicted molar refractivity (Wildman–Crippen MR) is 67.6 cm³/mol. The number of nitrogens with two attached hydrogens (primary N) is 1. The second-order valence-electron chi connectivity index (χ2n) is 4.43. The average Bonchev–Trinajstić information content (AvgIpc) is 2.36. The molecule has 0 saturated heterocycles. The number of halogens is 3. The standard InChI is InChI=1S/C13H14F3N3O/c1-8(5-6-17)19(2)12(20)9-3-4-11(18)10(7-9)13(14,15)16/h3-4,7-8H,5,18H2,1-2H3. The summed E-state index contributed by atoms with van der Waals surface area (Å²) in [7, 11) is 1.44. The highest BCUT2D eigenvalue weighted by atomic mass is 19.4.